The number of nitrogens with one attached hydrogen (secondary N) is 1. The minimum atomic E-state index is -0.946. The van der Waals surface area contributed by atoms with Crippen LogP contribution in [0.4, 0.5) is 11.4 Å². The molecular weight excluding hydrogens is 506 g/mol. The van der Waals surface area contributed by atoms with Crippen molar-refractivity contribution in [2.45, 2.75) is 44.2 Å². The fraction of sp³-hybridized carbons (Fsp3) is 0.259. The molecule has 1 atom stereocenters. The molecule has 1 saturated carbocycles. The van der Waals surface area contributed by atoms with E-state index in [1.54, 1.807) is 0 Å². The van der Waals surface area contributed by atoms with E-state index in [-0.39, 0.29) is 28.2 Å². The molecule has 2 aromatic carbocycles. The molecule has 1 fully saturated rings. The number of nitrogen functional groups attached to an aromatic ring is 1. The molecular formula is C27H27N5O3S2. The molecule has 4 aromatic rings. The van der Waals surface area contributed by atoms with E-state index in [2.05, 4.69) is 9.69 Å². The minimum Gasteiger partial charge on any atom is -0.395 e. The molecule has 1 aliphatic carbocycles. The lowest BCUT2D eigenvalue weighted by Crippen LogP contribution is -2.47. The first-order valence-electron chi connectivity index (χ1n) is 12.2. The number of aromatic nitrogens is 1. The minimum absolute atomic E-state index is 0.0584. The molecule has 3 amide bonds. The van der Waals surface area contributed by atoms with Crippen LogP contribution in [0.5, 0.6) is 0 Å². The summed E-state index contributed by atoms with van der Waals surface area (Å²) in [5, 5.41) is 6.82. The molecule has 0 spiro atoms. The van der Waals surface area contributed by atoms with E-state index in [4.69, 9.17) is 11.5 Å². The van der Waals surface area contributed by atoms with Crippen molar-refractivity contribution < 1.29 is 14.4 Å². The SMILES string of the molecule is NC(=O)c1nsc(C(=O)N(c2cccc3ccccc23)C(C(=O)NC2CCCCC2)c2cccs2)c1N. The molecule has 8 nitrogen and oxygen atoms in total. The summed E-state index contributed by atoms with van der Waals surface area (Å²) in [5.41, 5.74) is 11.9. The average Bonchev–Trinajstić information content (AvgIpc) is 3.57. The van der Waals surface area contributed by atoms with Crippen molar-refractivity contribution in [1.29, 1.82) is 0 Å². The molecule has 5 N–H and O–H groups in total. The van der Waals surface area contributed by atoms with Crippen LogP contribution in [0.1, 0.15) is 63.2 Å². The molecule has 190 valence electrons. The standard InChI is InChI=1S/C27H27N5O3S2/c28-21-22(25(29)33)31-37-24(21)27(35)32(19-13-6-9-16-8-4-5-12-18(16)19)23(20-14-7-15-36-20)26(34)30-17-10-2-1-3-11-17/h4-9,12-15,17,23H,1-3,10-11,28H2,(H2,29,33)(H,30,34). The fourth-order valence-electron chi connectivity index (χ4n) is 4.87. The highest BCUT2D eigenvalue weighted by Gasteiger charge is 2.38. The predicted molar refractivity (Wildman–Crippen MR) is 148 cm³/mol. The summed E-state index contributed by atoms with van der Waals surface area (Å²) in [7, 11) is 0. The topological polar surface area (TPSA) is 131 Å². The Morgan fingerprint density at radius 1 is 1.00 bits per heavy atom. The van der Waals surface area contributed by atoms with Gasteiger partial charge < -0.3 is 16.8 Å². The van der Waals surface area contributed by atoms with Crippen LogP contribution in [0.3, 0.4) is 0 Å². The number of hydrogen-bond donors (Lipinski definition) is 3. The number of carbonyl (C=O) groups excluding carboxylic acids is 3. The smallest absolute Gasteiger partial charge is 0.273 e. The van der Waals surface area contributed by atoms with E-state index in [9.17, 15) is 14.4 Å². The van der Waals surface area contributed by atoms with Crippen molar-refractivity contribution >= 4 is 62.7 Å². The van der Waals surface area contributed by atoms with E-state index in [1.165, 1.54) is 16.2 Å². The Bertz CT molecular complexity index is 1440. The van der Waals surface area contributed by atoms with Crippen molar-refractivity contribution in [2.24, 2.45) is 5.73 Å². The van der Waals surface area contributed by atoms with Gasteiger partial charge in [-0.3, -0.25) is 19.3 Å². The van der Waals surface area contributed by atoms with Crippen molar-refractivity contribution in [3.8, 4) is 0 Å². The number of anilines is 2. The van der Waals surface area contributed by atoms with Crippen LogP contribution in [-0.2, 0) is 4.79 Å². The van der Waals surface area contributed by atoms with Gasteiger partial charge in [-0.25, -0.2) is 0 Å². The number of benzene rings is 2. The third-order valence-corrected chi connectivity index (χ3v) is 8.45. The third kappa shape index (κ3) is 4.94. The van der Waals surface area contributed by atoms with Gasteiger partial charge in [0.15, 0.2) is 11.7 Å². The second kappa shape index (κ2) is 10.7. The van der Waals surface area contributed by atoms with Crippen LogP contribution in [0.2, 0.25) is 0 Å². The molecule has 2 aromatic heterocycles. The van der Waals surface area contributed by atoms with E-state index in [1.807, 2.05) is 60.0 Å². The van der Waals surface area contributed by atoms with Crippen LogP contribution in [0.25, 0.3) is 10.8 Å². The van der Waals surface area contributed by atoms with Crippen LogP contribution in [-0.4, -0.2) is 28.1 Å². The van der Waals surface area contributed by atoms with Gasteiger partial charge in [-0.15, -0.1) is 11.3 Å². The number of rotatable bonds is 7. The second-order valence-electron chi connectivity index (χ2n) is 9.07. The molecule has 37 heavy (non-hydrogen) atoms. The molecule has 0 bridgehead atoms. The highest BCUT2D eigenvalue weighted by Crippen LogP contribution is 2.38. The summed E-state index contributed by atoms with van der Waals surface area (Å²) in [6.45, 7) is 0. The summed E-state index contributed by atoms with van der Waals surface area (Å²) in [4.78, 5) is 42.3. The molecule has 5 rings (SSSR count). The molecule has 2 heterocycles. The third-order valence-electron chi connectivity index (χ3n) is 6.67. The van der Waals surface area contributed by atoms with Crippen LogP contribution in [0, 0.1) is 0 Å². The zero-order valence-corrected chi connectivity index (χ0v) is 21.7. The number of primary amides is 1. The summed E-state index contributed by atoms with van der Waals surface area (Å²) < 4.78 is 4.03. The Hall–Kier alpha value is -3.76. The van der Waals surface area contributed by atoms with Gasteiger partial charge in [-0.05, 0) is 47.3 Å². The van der Waals surface area contributed by atoms with Crippen LogP contribution >= 0.6 is 22.9 Å². The van der Waals surface area contributed by atoms with Crippen molar-refractivity contribution in [2.75, 3.05) is 10.6 Å². The quantitative estimate of drug-likeness (QED) is 0.312. The van der Waals surface area contributed by atoms with Gasteiger partial charge in [-0.2, -0.15) is 4.37 Å². The molecule has 0 radical (unpaired) electrons. The highest BCUT2D eigenvalue weighted by atomic mass is 32.1. The Morgan fingerprint density at radius 2 is 1.76 bits per heavy atom. The van der Waals surface area contributed by atoms with Gasteiger partial charge in [-0.1, -0.05) is 61.7 Å². The lowest BCUT2D eigenvalue weighted by Gasteiger charge is -2.33. The Morgan fingerprint density at radius 3 is 2.46 bits per heavy atom. The largest absolute Gasteiger partial charge is 0.395 e. The van der Waals surface area contributed by atoms with E-state index in [0.717, 1.165) is 54.4 Å². The number of nitrogens with zero attached hydrogens (tertiary/aromatic N) is 2. The predicted octanol–water partition coefficient (Wildman–Crippen LogP) is 4.88. The first kappa shape index (κ1) is 24.9. The van der Waals surface area contributed by atoms with Gasteiger partial charge in [0.25, 0.3) is 11.8 Å². The van der Waals surface area contributed by atoms with Gasteiger partial charge in [0.1, 0.15) is 4.88 Å². The Balaban J connectivity index is 1.67. The summed E-state index contributed by atoms with van der Waals surface area (Å²) in [6.07, 6.45) is 5.11. The Kier molecular flexibility index (Phi) is 7.20. The normalized spacial score (nSPS) is 14.8. The average molecular weight is 534 g/mol. The zero-order valence-electron chi connectivity index (χ0n) is 20.1. The number of thiophene rings is 1. The zero-order chi connectivity index (χ0) is 25.9. The van der Waals surface area contributed by atoms with Gasteiger partial charge in [0.05, 0.1) is 11.4 Å². The molecule has 1 unspecified atom stereocenters. The molecule has 0 saturated heterocycles. The van der Waals surface area contributed by atoms with Crippen molar-refractivity contribution in [1.82, 2.24) is 9.69 Å². The number of carbonyl (C=O) groups is 3. The van der Waals surface area contributed by atoms with E-state index in [0.29, 0.717) is 10.6 Å². The molecule has 10 heteroatoms. The van der Waals surface area contributed by atoms with Crippen LogP contribution < -0.4 is 21.7 Å². The van der Waals surface area contributed by atoms with Crippen molar-refractivity contribution in [3.05, 3.63) is 75.4 Å². The maximum atomic E-state index is 14.3. The Labute approximate surface area is 222 Å². The second-order valence-corrected chi connectivity index (χ2v) is 10.8. The summed E-state index contributed by atoms with van der Waals surface area (Å²) in [6, 6.07) is 16.1. The van der Waals surface area contributed by atoms with Gasteiger partial charge >= 0.3 is 0 Å². The molecule has 0 aliphatic heterocycles. The van der Waals surface area contributed by atoms with E-state index < -0.39 is 17.9 Å². The number of nitrogens with two attached hydrogens (primary N) is 2. The lowest BCUT2D eigenvalue weighted by molar-refractivity contribution is -0.123. The monoisotopic (exact) mass is 533 g/mol. The van der Waals surface area contributed by atoms with Crippen LogP contribution in [0.15, 0.2) is 60.0 Å². The van der Waals surface area contributed by atoms with Crippen molar-refractivity contribution in [3.63, 3.8) is 0 Å². The fourth-order valence-corrected chi connectivity index (χ4v) is 6.43. The lowest BCUT2D eigenvalue weighted by atomic mass is 9.95. The number of hydrogen-bond acceptors (Lipinski definition) is 7. The molecule has 1 aliphatic rings. The maximum absolute atomic E-state index is 14.3. The number of amides is 3. The summed E-state index contributed by atoms with van der Waals surface area (Å²) >= 11 is 2.21. The highest BCUT2D eigenvalue weighted by molar-refractivity contribution is 7.10. The van der Waals surface area contributed by atoms with Gasteiger partial charge in [0.2, 0.25) is 5.91 Å². The van der Waals surface area contributed by atoms with Gasteiger partial charge in [0, 0.05) is 16.3 Å². The first-order chi connectivity index (χ1) is 18.0. The summed E-state index contributed by atoms with van der Waals surface area (Å²) in [5.74, 6) is -1.58. The first-order valence-corrected chi connectivity index (χ1v) is 13.8. The maximum Gasteiger partial charge on any atom is 0.273 e. The number of fused-ring (bicyclic) bond motifs is 1. The van der Waals surface area contributed by atoms with E-state index >= 15 is 0 Å².